The summed E-state index contributed by atoms with van der Waals surface area (Å²) in [5.74, 6) is 2.33. The van der Waals surface area contributed by atoms with Crippen molar-refractivity contribution in [2.45, 2.75) is 76.8 Å². The Labute approximate surface area is 216 Å². The summed E-state index contributed by atoms with van der Waals surface area (Å²) in [4.78, 5) is 17.6. The van der Waals surface area contributed by atoms with E-state index in [-0.39, 0.29) is 30.7 Å². The molecule has 2 fully saturated rings. The van der Waals surface area contributed by atoms with E-state index in [0.717, 1.165) is 17.1 Å². The second-order valence-electron chi connectivity index (χ2n) is 9.66. The number of pyridine rings is 1. The predicted octanol–water partition coefficient (Wildman–Crippen LogP) is 6.39. The van der Waals surface area contributed by atoms with Crippen molar-refractivity contribution in [3.63, 3.8) is 0 Å². The van der Waals surface area contributed by atoms with Crippen molar-refractivity contribution in [1.29, 1.82) is 0 Å². The highest BCUT2D eigenvalue weighted by molar-refractivity contribution is 5.85. The Morgan fingerprint density at radius 3 is 2.00 bits per heavy atom. The van der Waals surface area contributed by atoms with Crippen molar-refractivity contribution >= 4 is 42.2 Å². The molecule has 0 radical (unpaired) electrons. The molecule has 0 spiro atoms. The van der Waals surface area contributed by atoms with Gasteiger partial charge >= 0.3 is 0 Å². The van der Waals surface area contributed by atoms with E-state index in [9.17, 15) is 4.79 Å². The third-order valence-corrected chi connectivity index (χ3v) is 7.44. The highest BCUT2D eigenvalue weighted by Crippen LogP contribution is 2.41. The van der Waals surface area contributed by atoms with E-state index in [1.54, 1.807) is 0 Å². The third-order valence-electron chi connectivity index (χ3n) is 7.44. The lowest BCUT2D eigenvalue weighted by molar-refractivity contribution is -0.125. The second kappa shape index (κ2) is 14.6. The van der Waals surface area contributed by atoms with Crippen molar-refractivity contribution in [3.8, 4) is 0 Å². The van der Waals surface area contributed by atoms with Gasteiger partial charge in [0.15, 0.2) is 0 Å². The van der Waals surface area contributed by atoms with Crippen LogP contribution in [0, 0.1) is 17.8 Å². The van der Waals surface area contributed by atoms with Gasteiger partial charge in [-0.25, -0.2) is 4.98 Å². The summed E-state index contributed by atoms with van der Waals surface area (Å²) in [5.41, 5.74) is 8.65. The molecule has 7 heteroatoms. The minimum atomic E-state index is -0.409. The number of nitrogens with two attached hydrogens (primary N) is 1. The Balaban J connectivity index is 0.00000204. The van der Waals surface area contributed by atoms with Crippen molar-refractivity contribution in [1.82, 2.24) is 10.3 Å². The first-order valence-corrected chi connectivity index (χ1v) is 12.5. The fourth-order valence-corrected chi connectivity index (χ4v) is 5.76. The quantitative estimate of drug-likeness (QED) is 0.387. The van der Waals surface area contributed by atoms with Gasteiger partial charge in [0.2, 0.25) is 5.91 Å². The summed E-state index contributed by atoms with van der Waals surface area (Å²) >= 11 is 0. The van der Waals surface area contributed by atoms with E-state index in [1.807, 2.05) is 48.7 Å². The normalized spacial score (nSPS) is 17.8. The lowest BCUT2D eigenvalue weighted by Crippen LogP contribution is -2.50. The van der Waals surface area contributed by atoms with Gasteiger partial charge in [-0.05, 0) is 41.5 Å². The third kappa shape index (κ3) is 7.86. The molecule has 0 bridgehead atoms. The minimum Gasteiger partial charge on any atom is -0.351 e. The van der Waals surface area contributed by atoms with Gasteiger partial charge in [0.25, 0.3) is 0 Å². The molecule has 0 aliphatic heterocycles. The molecule has 2 saturated carbocycles. The van der Waals surface area contributed by atoms with Crippen LogP contribution in [0.1, 0.15) is 69.8 Å². The van der Waals surface area contributed by atoms with Crippen LogP contribution in [-0.4, -0.2) is 16.9 Å². The molecule has 0 saturated heterocycles. The number of hydrogen-bond donors (Lipinski definition) is 3. The summed E-state index contributed by atoms with van der Waals surface area (Å²) in [7, 11) is 0. The number of nitrogens with one attached hydrogen (secondary N) is 2. The minimum absolute atomic E-state index is 0. The number of hydrogen-bond acceptors (Lipinski definition) is 4. The van der Waals surface area contributed by atoms with E-state index >= 15 is 0 Å². The lowest BCUT2D eigenvalue weighted by atomic mass is 9.66. The number of para-hydroxylation sites is 1. The van der Waals surface area contributed by atoms with Gasteiger partial charge in [-0.3, -0.25) is 4.79 Å². The second-order valence-corrected chi connectivity index (χ2v) is 9.66. The Bertz CT molecular complexity index is 819. The zero-order chi connectivity index (χ0) is 22.2. The van der Waals surface area contributed by atoms with Gasteiger partial charge in [-0.2, -0.15) is 0 Å². The van der Waals surface area contributed by atoms with E-state index in [4.69, 9.17) is 5.73 Å². The van der Waals surface area contributed by atoms with Gasteiger partial charge in [-0.15, -0.1) is 24.8 Å². The Morgan fingerprint density at radius 1 is 0.882 bits per heavy atom. The van der Waals surface area contributed by atoms with Crippen LogP contribution < -0.4 is 16.4 Å². The number of benzene rings is 1. The number of carbonyl (C=O) groups excluding carboxylic acids is 1. The fourth-order valence-electron chi connectivity index (χ4n) is 5.76. The number of aromatic nitrogens is 1. The van der Waals surface area contributed by atoms with Gasteiger partial charge < -0.3 is 16.4 Å². The average molecular weight is 508 g/mol. The maximum atomic E-state index is 13.1. The van der Waals surface area contributed by atoms with E-state index in [1.165, 1.54) is 64.2 Å². The molecule has 4 rings (SSSR count). The maximum absolute atomic E-state index is 13.1. The average Bonchev–Trinajstić information content (AvgIpc) is 2.85. The van der Waals surface area contributed by atoms with Gasteiger partial charge in [0, 0.05) is 18.4 Å². The Morgan fingerprint density at radius 2 is 1.47 bits per heavy atom. The molecule has 34 heavy (non-hydrogen) atoms. The van der Waals surface area contributed by atoms with Gasteiger partial charge in [0.1, 0.15) is 5.82 Å². The van der Waals surface area contributed by atoms with Crippen molar-refractivity contribution < 1.29 is 4.79 Å². The van der Waals surface area contributed by atoms with Crippen LogP contribution in [0.15, 0.2) is 48.7 Å². The maximum Gasteiger partial charge on any atom is 0.237 e. The Hall–Kier alpha value is -1.82. The van der Waals surface area contributed by atoms with Crippen LogP contribution in [0.4, 0.5) is 11.5 Å². The van der Waals surface area contributed by atoms with E-state index in [2.05, 4.69) is 15.6 Å². The number of amides is 1. The zero-order valence-corrected chi connectivity index (χ0v) is 21.6. The molecular formula is C27H40Cl2N4O. The van der Waals surface area contributed by atoms with Crippen molar-refractivity contribution in [2.75, 3.05) is 5.32 Å². The van der Waals surface area contributed by atoms with Crippen molar-refractivity contribution in [3.05, 3.63) is 54.2 Å². The topological polar surface area (TPSA) is 80.0 Å². The molecule has 2 aliphatic rings. The summed E-state index contributed by atoms with van der Waals surface area (Å²) in [6.07, 6.45) is 14.6. The highest BCUT2D eigenvalue weighted by atomic mass is 35.5. The van der Waals surface area contributed by atoms with E-state index < -0.39 is 6.04 Å². The molecule has 5 nitrogen and oxygen atoms in total. The number of rotatable bonds is 8. The number of anilines is 2. The molecule has 4 N–H and O–H groups in total. The molecule has 1 amide bonds. The standard InChI is InChI=1S/C27H38N4O.2ClH/c28-26(25(21-10-4-1-5-11-21)22-12-6-2-7-13-22)27(32)30-19-20-16-17-24(29-18-20)31-23-14-8-3-9-15-23;;/h3,8-9,14-18,21-22,25-26H,1-2,4-7,10-13,19,28H2,(H,29,31)(H,30,32);2*1H/t26-;;/m1../s1. The molecule has 2 aliphatic carbocycles. The smallest absolute Gasteiger partial charge is 0.237 e. The van der Waals surface area contributed by atoms with Crippen molar-refractivity contribution in [2.24, 2.45) is 23.5 Å². The molecule has 1 aromatic carbocycles. The number of nitrogens with zero attached hydrogens (tertiary/aromatic N) is 1. The monoisotopic (exact) mass is 506 g/mol. The van der Waals surface area contributed by atoms with Crippen LogP contribution in [0.5, 0.6) is 0 Å². The molecule has 0 unspecified atom stereocenters. The fraction of sp³-hybridized carbons (Fsp3) is 0.556. The van der Waals surface area contributed by atoms with Crippen LogP contribution in [0.25, 0.3) is 0 Å². The van der Waals surface area contributed by atoms with E-state index in [0.29, 0.717) is 24.3 Å². The highest BCUT2D eigenvalue weighted by Gasteiger charge is 2.38. The molecule has 1 aromatic heterocycles. The first-order valence-electron chi connectivity index (χ1n) is 12.5. The zero-order valence-electron chi connectivity index (χ0n) is 20.0. The molecule has 1 heterocycles. The molecular weight excluding hydrogens is 467 g/mol. The lowest BCUT2D eigenvalue weighted by Gasteiger charge is -2.40. The van der Waals surface area contributed by atoms with Crippen LogP contribution in [0.3, 0.4) is 0 Å². The number of halogens is 2. The number of carbonyl (C=O) groups is 1. The summed E-state index contributed by atoms with van der Waals surface area (Å²) in [6.45, 7) is 0.465. The van der Waals surface area contributed by atoms with Crippen LogP contribution in [-0.2, 0) is 11.3 Å². The van der Waals surface area contributed by atoms with Gasteiger partial charge in [0.05, 0.1) is 6.04 Å². The summed E-state index contributed by atoms with van der Waals surface area (Å²) in [6, 6.07) is 13.5. The van der Waals surface area contributed by atoms with Gasteiger partial charge in [-0.1, -0.05) is 88.5 Å². The molecule has 188 valence electrons. The molecule has 1 atom stereocenters. The largest absolute Gasteiger partial charge is 0.351 e. The molecule has 2 aromatic rings. The first kappa shape index (κ1) is 28.4. The first-order chi connectivity index (χ1) is 15.7. The predicted molar refractivity (Wildman–Crippen MR) is 145 cm³/mol. The van der Waals surface area contributed by atoms with Crippen LogP contribution >= 0.6 is 24.8 Å². The summed E-state index contributed by atoms with van der Waals surface area (Å²) in [5, 5.41) is 6.39. The van der Waals surface area contributed by atoms with Crippen LogP contribution in [0.2, 0.25) is 0 Å². The SMILES string of the molecule is Cl.Cl.N[C@@H](C(=O)NCc1ccc(Nc2ccccc2)nc1)C(C1CCCCC1)C1CCCCC1. The summed E-state index contributed by atoms with van der Waals surface area (Å²) < 4.78 is 0. The Kier molecular flexibility index (Phi) is 12.2.